The molecule has 0 amide bonds. The first-order chi connectivity index (χ1) is 8.75. The lowest BCUT2D eigenvalue weighted by Crippen LogP contribution is -1.99. The van der Waals surface area contributed by atoms with Crippen LogP contribution < -0.4 is 5.73 Å². The van der Waals surface area contributed by atoms with E-state index in [1.807, 2.05) is 41.8 Å². The Morgan fingerprint density at radius 3 is 2.67 bits per heavy atom. The van der Waals surface area contributed by atoms with Crippen LogP contribution in [0.1, 0.15) is 17.0 Å². The zero-order valence-electron chi connectivity index (χ0n) is 10.2. The van der Waals surface area contributed by atoms with Crippen LogP contribution in [0.15, 0.2) is 42.6 Å². The van der Waals surface area contributed by atoms with Crippen molar-refractivity contribution in [2.75, 3.05) is 5.73 Å². The summed E-state index contributed by atoms with van der Waals surface area (Å²) in [6.45, 7) is 1.97. The van der Waals surface area contributed by atoms with E-state index in [-0.39, 0.29) is 0 Å². The van der Waals surface area contributed by atoms with E-state index in [0.717, 1.165) is 23.5 Å². The number of fused-ring (bicyclic) bond motifs is 1. The number of anilines is 1. The minimum absolute atomic E-state index is 0.698. The van der Waals surface area contributed by atoms with Crippen molar-refractivity contribution in [3.8, 4) is 0 Å². The van der Waals surface area contributed by atoms with E-state index in [2.05, 4.69) is 22.3 Å². The van der Waals surface area contributed by atoms with Gasteiger partial charge in [0, 0.05) is 12.6 Å². The summed E-state index contributed by atoms with van der Waals surface area (Å²) in [4.78, 5) is 0. The number of rotatable bonds is 2. The average molecular weight is 238 g/mol. The molecule has 0 saturated heterocycles. The van der Waals surface area contributed by atoms with Crippen molar-refractivity contribution in [2.45, 2.75) is 13.3 Å². The third-order valence-corrected chi connectivity index (χ3v) is 3.11. The first-order valence-electron chi connectivity index (χ1n) is 5.88. The summed E-state index contributed by atoms with van der Waals surface area (Å²) in [5.41, 5.74) is 9.68. The fraction of sp³-hybridized carbons (Fsp3) is 0.143. The SMILES string of the molecule is Cc1ccn2c(Cc3ccccc3)nnc2c1N. The number of aryl methyl sites for hydroxylation is 1. The summed E-state index contributed by atoms with van der Waals surface area (Å²) < 4.78 is 1.95. The van der Waals surface area contributed by atoms with Gasteiger partial charge in [0.05, 0.1) is 5.69 Å². The lowest BCUT2D eigenvalue weighted by Gasteiger charge is -2.03. The number of nitrogen functional groups attached to an aromatic ring is 1. The Kier molecular flexibility index (Phi) is 2.48. The van der Waals surface area contributed by atoms with Gasteiger partial charge in [0.15, 0.2) is 5.65 Å². The molecular weight excluding hydrogens is 224 g/mol. The number of pyridine rings is 1. The number of aromatic nitrogens is 3. The maximum absolute atomic E-state index is 6.00. The molecule has 2 heterocycles. The quantitative estimate of drug-likeness (QED) is 0.744. The number of benzene rings is 1. The molecule has 0 radical (unpaired) electrons. The van der Waals surface area contributed by atoms with Gasteiger partial charge < -0.3 is 5.73 Å². The van der Waals surface area contributed by atoms with Crippen LogP contribution in [0.25, 0.3) is 5.65 Å². The van der Waals surface area contributed by atoms with Crippen LogP contribution in [-0.4, -0.2) is 14.6 Å². The van der Waals surface area contributed by atoms with Gasteiger partial charge in [-0.3, -0.25) is 4.40 Å². The second-order valence-electron chi connectivity index (χ2n) is 4.38. The molecule has 3 rings (SSSR count). The van der Waals surface area contributed by atoms with Gasteiger partial charge in [-0.25, -0.2) is 0 Å². The highest BCUT2D eigenvalue weighted by Crippen LogP contribution is 2.18. The Hall–Kier alpha value is -2.36. The molecule has 0 aliphatic heterocycles. The smallest absolute Gasteiger partial charge is 0.184 e. The van der Waals surface area contributed by atoms with Crippen molar-refractivity contribution in [3.05, 3.63) is 59.5 Å². The molecule has 0 aliphatic carbocycles. The van der Waals surface area contributed by atoms with Crippen molar-refractivity contribution < 1.29 is 0 Å². The van der Waals surface area contributed by atoms with Crippen molar-refractivity contribution in [2.24, 2.45) is 0 Å². The van der Waals surface area contributed by atoms with Crippen LogP contribution in [-0.2, 0) is 6.42 Å². The molecule has 1 aromatic carbocycles. The second kappa shape index (κ2) is 4.14. The zero-order valence-corrected chi connectivity index (χ0v) is 10.2. The predicted molar refractivity (Wildman–Crippen MR) is 71.4 cm³/mol. The fourth-order valence-electron chi connectivity index (χ4n) is 2.02. The van der Waals surface area contributed by atoms with Crippen molar-refractivity contribution in [1.29, 1.82) is 0 Å². The third kappa shape index (κ3) is 1.72. The van der Waals surface area contributed by atoms with Gasteiger partial charge in [0.1, 0.15) is 5.82 Å². The van der Waals surface area contributed by atoms with Gasteiger partial charge in [0.2, 0.25) is 0 Å². The number of nitrogens with two attached hydrogens (primary N) is 1. The molecule has 0 saturated carbocycles. The van der Waals surface area contributed by atoms with Crippen LogP contribution in [0.5, 0.6) is 0 Å². The van der Waals surface area contributed by atoms with Crippen LogP contribution in [0.3, 0.4) is 0 Å². The molecule has 0 unspecified atom stereocenters. The molecule has 4 nitrogen and oxygen atoms in total. The normalized spacial score (nSPS) is 10.9. The molecule has 4 heteroatoms. The second-order valence-corrected chi connectivity index (χ2v) is 4.38. The van der Waals surface area contributed by atoms with Crippen LogP contribution >= 0.6 is 0 Å². The summed E-state index contributed by atoms with van der Waals surface area (Å²) in [5, 5.41) is 8.39. The molecule has 0 atom stereocenters. The van der Waals surface area contributed by atoms with Gasteiger partial charge in [-0.15, -0.1) is 10.2 Å². The molecule has 0 aliphatic rings. The van der Waals surface area contributed by atoms with Crippen LogP contribution in [0.4, 0.5) is 5.69 Å². The van der Waals surface area contributed by atoms with Gasteiger partial charge >= 0.3 is 0 Å². The van der Waals surface area contributed by atoms with Crippen molar-refractivity contribution in [1.82, 2.24) is 14.6 Å². The largest absolute Gasteiger partial charge is 0.395 e. The molecule has 2 N–H and O–H groups in total. The maximum atomic E-state index is 6.00. The number of hydrogen-bond donors (Lipinski definition) is 1. The maximum Gasteiger partial charge on any atom is 0.184 e. The Morgan fingerprint density at radius 2 is 1.89 bits per heavy atom. The summed E-state index contributed by atoms with van der Waals surface area (Å²) in [6, 6.07) is 12.2. The van der Waals surface area contributed by atoms with E-state index >= 15 is 0 Å². The minimum Gasteiger partial charge on any atom is -0.395 e. The highest BCUT2D eigenvalue weighted by molar-refractivity contribution is 5.68. The van der Waals surface area contributed by atoms with Gasteiger partial charge in [-0.05, 0) is 24.1 Å². The van der Waals surface area contributed by atoms with E-state index in [1.54, 1.807) is 0 Å². The topological polar surface area (TPSA) is 56.2 Å². The lowest BCUT2D eigenvalue weighted by molar-refractivity contribution is 0.934. The molecule has 0 fully saturated rings. The Bertz CT molecular complexity index is 686. The highest BCUT2D eigenvalue weighted by atomic mass is 15.2. The zero-order chi connectivity index (χ0) is 12.5. The first kappa shape index (κ1) is 10.8. The predicted octanol–water partition coefficient (Wildman–Crippen LogP) is 2.21. The Labute approximate surface area is 105 Å². The molecule has 18 heavy (non-hydrogen) atoms. The van der Waals surface area contributed by atoms with E-state index < -0.39 is 0 Å². The molecule has 90 valence electrons. The van der Waals surface area contributed by atoms with Crippen molar-refractivity contribution in [3.63, 3.8) is 0 Å². The molecule has 0 bridgehead atoms. The monoisotopic (exact) mass is 238 g/mol. The van der Waals surface area contributed by atoms with E-state index in [0.29, 0.717) is 5.69 Å². The number of hydrogen-bond acceptors (Lipinski definition) is 3. The third-order valence-electron chi connectivity index (χ3n) is 3.11. The fourth-order valence-corrected chi connectivity index (χ4v) is 2.02. The summed E-state index contributed by atoms with van der Waals surface area (Å²) in [5.74, 6) is 0.905. The summed E-state index contributed by atoms with van der Waals surface area (Å²) in [7, 11) is 0. The summed E-state index contributed by atoms with van der Waals surface area (Å²) in [6.07, 6.45) is 2.73. The Balaban J connectivity index is 2.06. The lowest BCUT2D eigenvalue weighted by atomic mass is 10.1. The number of nitrogens with zero attached hydrogens (tertiary/aromatic N) is 3. The molecule has 0 spiro atoms. The van der Waals surface area contributed by atoms with E-state index in [1.165, 1.54) is 5.56 Å². The molecular formula is C14H14N4. The molecule has 2 aromatic heterocycles. The minimum atomic E-state index is 0.698. The van der Waals surface area contributed by atoms with Crippen LogP contribution in [0, 0.1) is 6.92 Å². The van der Waals surface area contributed by atoms with Gasteiger partial charge in [-0.1, -0.05) is 30.3 Å². The first-order valence-corrected chi connectivity index (χ1v) is 5.88. The van der Waals surface area contributed by atoms with Gasteiger partial charge in [-0.2, -0.15) is 0 Å². The van der Waals surface area contributed by atoms with E-state index in [9.17, 15) is 0 Å². The molecule has 3 aromatic rings. The standard InChI is InChI=1S/C14H14N4/c1-10-7-8-18-12(16-17-14(18)13(10)15)9-11-5-3-2-4-6-11/h2-8H,9,15H2,1H3. The van der Waals surface area contributed by atoms with Gasteiger partial charge in [0.25, 0.3) is 0 Å². The van der Waals surface area contributed by atoms with Crippen LogP contribution in [0.2, 0.25) is 0 Å². The highest BCUT2D eigenvalue weighted by Gasteiger charge is 2.09. The average Bonchev–Trinajstić information content (AvgIpc) is 2.79. The summed E-state index contributed by atoms with van der Waals surface area (Å²) >= 11 is 0. The Morgan fingerprint density at radius 1 is 1.11 bits per heavy atom. The van der Waals surface area contributed by atoms with Crippen molar-refractivity contribution >= 4 is 11.3 Å². The van der Waals surface area contributed by atoms with E-state index in [4.69, 9.17) is 5.73 Å².